The Balaban J connectivity index is 3.12. The van der Waals surface area contributed by atoms with Crippen molar-refractivity contribution in [2.24, 2.45) is 11.5 Å². The first-order valence-electron chi connectivity index (χ1n) is 5.68. The molecule has 0 aromatic rings. The standard InChI is InChI=1S/C11H26N2/c1-3-4-8-11(13)9-6-5-7-10(2)12/h10-11H,3-9,12-13H2,1-2H3. The molecule has 0 heterocycles. The minimum Gasteiger partial charge on any atom is -0.328 e. The molecular formula is C11H26N2. The van der Waals surface area contributed by atoms with Gasteiger partial charge in [-0.25, -0.2) is 0 Å². The maximum atomic E-state index is 5.95. The van der Waals surface area contributed by atoms with Crippen LogP contribution < -0.4 is 11.5 Å². The molecule has 80 valence electrons. The number of unbranched alkanes of at least 4 members (excludes halogenated alkanes) is 2. The Morgan fingerprint density at radius 3 is 2.00 bits per heavy atom. The van der Waals surface area contributed by atoms with Gasteiger partial charge >= 0.3 is 0 Å². The van der Waals surface area contributed by atoms with Crippen molar-refractivity contribution in [3.63, 3.8) is 0 Å². The third-order valence-electron chi connectivity index (χ3n) is 2.41. The van der Waals surface area contributed by atoms with Crippen LogP contribution in [0.5, 0.6) is 0 Å². The second-order valence-electron chi connectivity index (χ2n) is 4.16. The lowest BCUT2D eigenvalue weighted by Crippen LogP contribution is -2.20. The summed E-state index contributed by atoms with van der Waals surface area (Å²) in [6, 6.07) is 0.778. The highest BCUT2D eigenvalue weighted by atomic mass is 14.6. The van der Waals surface area contributed by atoms with E-state index in [9.17, 15) is 0 Å². The summed E-state index contributed by atoms with van der Waals surface area (Å²) in [6.45, 7) is 4.28. The summed E-state index contributed by atoms with van der Waals surface area (Å²) in [5.41, 5.74) is 11.6. The van der Waals surface area contributed by atoms with Gasteiger partial charge in [0.15, 0.2) is 0 Å². The maximum Gasteiger partial charge on any atom is 0.00388 e. The Morgan fingerprint density at radius 2 is 1.46 bits per heavy atom. The topological polar surface area (TPSA) is 52.0 Å². The molecule has 4 N–H and O–H groups in total. The van der Waals surface area contributed by atoms with E-state index in [2.05, 4.69) is 13.8 Å². The molecule has 0 aliphatic carbocycles. The van der Waals surface area contributed by atoms with Crippen molar-refractivity contribution in [1.82, 2.24) is 0 Å². The van der Waals surface area contributed by atoms with Gasteiger partial charge in [0, 0.05) is 12.1 Å². The van der Waals surface area contributed by atoms with Gasteiger partial charge in [0.1, 0.15) is 0 Å². The Morgan fingerprint density at radius 1 is 0.923 bits per heavy atom. The van der Waals surface area contributed by atoms with Gasteiger partial charge in [0.05, 0.1) is 0 Å². The van der Waals surface area contributed by atoms with Crippen LogP contribution in [0, 0.1) is 0 Å². The van der Waals surface area contributed by atoms with Gasteiger partial charge in [-0.3, -0.25) is 0 Å². The van der Waals surface area contributed by atoms with Crippen molar-refractivity contribution in [3.8, 4) is 0 Å². The zero-order chi connectivity index (χ0) is 10.1. The van der Waals surface area contributed by atoms with E-state index in [1.165, 1.54) is 38.5 Å². The molecule has 0 aliphatic heterocycles. The third-order valence-corrected chi connectivity index (χ3v) is 2.41. The quantitative estimate of drug-likeness (QED) is 0.572. The van der Waals surface area contributed by atoms with E-state index in [1.807, 2.05) is 0 Å². The van der Waals surface area contributed by atoms with E-state index >= 15 is 0 Å². The molecule has 0 amide bonds. The fourth-order valence-electron chi connectivity index (χ4n) is 1.48. The van der Waals surface area contributed by atoms with Gasteiger partial charge in [-0.15, -0.1) is 0 Å². The van der Waals surface area contributed by atoms with Crippen molar-refractivity contribution in [1.29, 1.82) is 0 Å². The molecule has 2 nitrogen and oxygen atoms in total. The van der Waals surface area contributed by atoms with Crippen LogP contribution >= 0.6 is 0 Å². The van der Waals surface area contributed by atoms with Crippen LogP contribution in [0.2, 0.25) is 0 Å². The second kappa shape index (κ2) is 8.52. The van der Waals surface area contributed by atoms with Crippen LogP contribution in [0.4, 0.5) is 0 Å². The van der Waals surface area contributed by atoms with Gasteiger partial charge in [-0.05, 0) is 26.2 Å². The Kier molecular flexibility index (Phi) is 8.46. The highest BCUT2D eigenvalue weighted by Gasteiger charge is 2.01. The molecule has 0 aromatic carbocycles. The number of hydrogen-bond donors (Lipinski definition) is 2. The summed E-state index contributed by atoms with van der Waals surface area (Å²) in [7, 11) is 0. The predicted molar refractivity (Wildman–Crippen MR) is 59.6 cm³/mol. The fourth-order valence-corrected chi connectivity index (χ4v) is 1.48. The molecule has 2 atom stereocenters. The van der Waals surface area contributed by atoms with E-state index in [-0.39, 0.29) is 0 Å². The normalized spacial score (nSPS) is 15.7. The zero-order valence-electron chi connectivity index (χ0n) is 9.26. The van der Waals surface area contributed by atoms with E-state index in [4.69, 9.17) is 11.5 Å². The van der Waals surface area contributed by atoms with Crippen molar-refractivity contribution in [3.05, 3.63) is 0 Å². The first-order valence-corrected chi connectivity index (χ1v) is 5.68. The van der Waals surface area contributed by atoms with Gasteiger partial charge in [-0.1, -0.05) is 32.6 Å². The fraction of sp³-hybridized carbons (Fsp3) is 1.00. The summed E-state index contributed by atoms with van der Waals surface area (Å²) in [6.07, 6.45) is 8.51. The molecule has 0 aliphatic rings. The molecule has 0 fully saturated rings. The summed E-state index contributed by atoms with van der Waals surface area (Å²) in [5, 5.41) is 0. The smallest absolute Gasteiger partial charge is 0.00388 e. The lowest BCUT2D eigenvalue weighted by atomic mass is 10.0. The molecule has 2 unspecified atom stereocenters. The van der Waals surface area contributed by atoms with Gasteiger partial charge in [0.2, 0.25) is 0 Å². The minimum absolute atomic E-state index is 0.354. The minimum atomic E-state index is 0.354. The molecule has 0 aromatic heterocycles. The summed E-state index contributed by atoms with van der Waals surface area (Å²) in [4.78, 5) is 0. The number of hydrogen-bond acceptors (Lipinski definition) is 2. The van der Waals surface area contributed by atoms with Crippen LogP contribution in [0.1, 0.15) is 58.8 Å². The van der Waals surface area contributed by atoms with Crippen molar-refractivity contribution in [2.45, 2.75) is 70.9 Å². The molecule has 0 rings (SSSR count). The van der Waals surface area contributed by atoms with Crippen LogP contribution in [0.15, 0.2) is 0 Å². The molecule has 0 spiro atoms. The van der Waals surface area contributed by atoms with Crippen molar-refractivity contribution in [2.75, 3.05) is 0 Å². The summed E-state index contributed by atoms with van der Waals surface area (Å²) in [5.74, 6) is 0. The SMILES string of the molecule is CCCCC(N)CCCCC(C)N. The monoisotopic (exact) mass is 186 g/mol. The van der Waals surface area contributed by atoms with E-state index in [0.29, 0.717) is 12.1 Å². The van der Waals surface area contributed by atoms with E-state index in [0.717, 1.165) is 6.42 Å². The van der Waals surface area contributed by atoms with Crippen molar-refractivity contribution < 1.29 is 0 Å². The average molecular weight is 186 g/mol. The number of nitrogens with two attached hydrogens (primary N) is 2. The first kappa shape index (κ1) is 12.9. The lowest BCUT2D eigenvalue weighted by Gasteiger charge is -2.10. The maximum absolute atomic E-state index is 5.95. The van der Waals surface area contributed by atoms with E-state index in [1.54, 1.807) is 0 Å². The molecule has 0 bridgehead atoms. The second-order valence-corrected chi connectivity index (χ2v) is 4.16. The molecule has 0 radical (unpaired) electrons. The highest BCUT2D eigenvalue weighted by molar-refractivity contribution is 4.62. The van der Waals surface area contributed by atoms with Gasteiger partial charge < -0.3 is 11.5 Å². The molecule has 0 saturated carbocycles. The summed E-state index contributed by atoms with van der Waals surface area (Å²) >= 11 is 0. The highest BCUT2D eigenvalue weighted by Crippen LogP contribution is 2.08. The number of rotatable bonds is 8. The summed E-state index contributed by atoms with van der Waals surface area (Å²) < 4.78 is 0. The first-order chi connectivity index (χ1) is 6.16. The van der Waals surface area contributed by atoms with Crippen LogP contribution in [0.3, 0.4) is 0 Å². The molecule has 13 heavy (non-hydrogen) atoms. The predicted octanol–water partition coefficient (Wildman–Crippen LogP) is 2.41. The third kappa shape index (κ3) is 9.84. The van der Waals surface area contributed by atoms with Crippen LogP contribution in [-0.2, 0) is 0 Å². The van der Waals surface area contributed by atoms with E-state index < -0.39 is 0 Å². The molecule has 2 heteroatoms. The van der Waals surface area contributed by atoms with Crippen molar-refractivity contribution >= 4 is 0 Å². The largest absolute Gasteiger partial charge is 0.328 e. The van der Waals surface area contributed by atoms with Gasteiger partial charge in [0.25, 0.3) is 0 Å². The molecule has 0 saturated heterocycles. The Hall–Kier alpha value is -0.0800. The van der Waals surface area contributed by atoms with Gasteiger partial charge in [-0.2, -0.15) is 0 Å². The zero-order valence-corrected chi connectivity index (χ0v) is 9.26. The Labute approximate surface area is 83.1 Å². The van der Waals surface area contributed by atoms with Crippen LogP contribution in [0.25, 0.3) is 0 Å². The average Bonchev–Trinajstić information content (AvgIpc) is 2.08. The Bertz CT molecular complexity index is 102. The van der Waals surface area contributed by atoms with Crippen LogP contribution in [-0.4, -0.2) is 12.1 Å². The molecular weight excluding hydrogens is 160 g/mol. The lowest BCUT2D eigenvalue weighted by molar-refractivity contribution is 0.494.